The average molecular weight is 254 g/mol. The summed E-state index contributed by atoms with van der Waals surface area (Å²) in [6.45, 7) is 4.84. The number of pyridine rings is 1. The molecule has 98 valence electrons. The van der Waals surface area contributed by atoms with Gasteiger partial charge in [0.25, 0.3) is 0 Å². The van der Waals surface area contributed by atoms with Crippen LogP contribution in [0.25, 0.3) is 0 Å². The quantitative estimate of drug-likeness (QED) is 0.896. The number of benzene rings is 1. The van der Waals surface area contributed by atoms with Gasteiger partial charge in [-0.2, -0.15) is 0 Å². The molecule has 3 rings (SSSR count). The number of nitrogens with two attached hydrogens (primary N) is 1. The molecule has 3 heteroatoms. The highest BCUT2D eigenvalue weighted by molar-refractivity contribution is 5.48. The number of fused-ring (bicyclic) bond motifs is 1. The Labute approximate surface area is 113 Å². The van der Waals surface area contributed by atoms with E-state index in [1.807, 2.05) is 25.3 Å². The van der Waals surface area contributed by atoms with Crippen molar-refractivity contribution in [2.24, 2.45) is 5.73 Å². The first-order valence-electron chi connectivity index (χ1n) is 6.60. The minimum Gasteiger partial charge on any atom is -0.493 e. The smallest absolute Gasteiger partial charge is 0.127 e. The second kappa shape index (κ2) is 4.67. The van der Waals surface area contributed by atoms with Crippen molar-refractivity contribution in [3.05, 3.63) is 58.4 Å². The van der Waals surface area contributed by atoms with Crippen LogP contribution in [0, 0.1) is 13.8 Å². The van der Waals surface area contributed by atoms with Crippen LogP contribution < -0.4 is 10.5 Å². The topological polar surface area (TPSA) is 48.1 Å². The number of rotatable bonds is 2. The van der Waals surface area contributed by atoms with E-state index in [-0.39, 0.29) is 6.04 Å². The summed E-state index contributed by atoms with van der Waals surface area (Å²) in [4.78, 5) is 4.50. The molecule has 0 bridgehead atoms. The zero-order valence-electron chi connectivity index (χ0n) is 11.3. The third-order valence-corrected chi connectivity index (χ3v) is 3.63. The average Bonchev–Trinajstić information content (AvgIpc) is 2.86. The summed E-state index contributed by atoms with van der Waals surface area (Å²) in [5, 5.41) is 0. The molecule has 0 radical (unpaired) electrons. The Hall–Kier alpha value is -1.87. The van der Waals surface area contributed by atoms with Crippen LogP contribution in [-0.2, 0) is 6.42 Å². The standard InChI is InChI=1S/C16H18N2O/c1-10-8-11(2)15(18-9-10)14(17)13-5-3-4-12-6-7-19-16(12)13/h3-5,8-9,14H,6-7,17H2,1-2H3. The first kappa shape index (κ1) is 12.2. The van der Waals surface area contributed by atoms with Crippen molar-refractivity contribution in [1.29, 1.82) is 0 Å². The molecule has 0 amide bonds. The second-order valence-corrected chi connectivity index (χ2v) is 5.13. The number of hydrogen-bond donors (Lipinski definition) is 1. The molecule has 0 spiro atoms. The van der Waals surface area contributed by atoms with Gasteiger partial charge >= 0.3 is 0 Å². The lowest BCUT2D eigenvalue weighted by Crippen LogP contribution is -2.16. The van der Waals surface area contributed by atoms with Crippen molar-refractivity contribution in [2.45, 2.75) is 26.3 Å². The highest BCUT2D eigenvalue weighted by Crippen LogP contribution is 2.35. The fraction of sp³-hybridized carbons (Fsp3) is 0.312. The summed E-state index contributed by atoms with van der Waals surface area (Å²) in [6, 6.07) is 8.08. The van der Waals surface area contributed by atoms with E-state index in [0.717, 1.165) is 41.2 Å². The molecule has 2 heterocycles. The van der Waals surface area contributed by atoms with Crippen LogP contribution in [0.1, 0.15) is 34.0 Å². The van der Waals surface area contributed by atoms with Crippen molar-refractivity contribution >= 4 is 0 Å². The van der Waals surface area contributed by atoms with E-state index in [1.165, 1.54) is 5.56 Å². The van der Waals surface area contributed by atoms with Crippen molar-refractivity contribution in [2.75, 3.05) is 6.61 Å². The number of para-hydroxylation sites is 1. The van der Waals surface area contributed by atoms with Gasteiger partial charge in [0.15, 0.2) is 0 Å². The summed E-state index contributed by atoms with van der Waals surface area (Å²) < 4.78 is 5.73. The first-order chi connectivity index (χ1) is 9.16. The first-order valence-corrected chi connectivity index (χ1v) is 6.60. The van der Waals surface area contributed by atoms with Gasteiger partial charge in [0, 0.05) is 18.2 Å². The van der Waals surface area contributed by atoms with Crippen molar-refractivity contribution in [1.82, 2.24) is 4.98 Å². The summed E-state index contributed by atoms with van der Waals surface area (Å²) in [6.07, 6.45) is 2.84. The maximum absolute atomic E-state index is 6.40. The highest BCUT2D eigenvalue weighted by atomic mass is 16.5. The van der Waals surface area contributed by atoms with Gasteiger partial charge < -0.3 is 10.5 Å². The second-order valence-electron chi connectivity index (χ2n) is 5.13. The van der Waals surface area contributed by atoms with E-state index < -0.39 is 0 Å². The predicted molar refractivity (Wildman–Crippen MR) is 75.4 cm³/mol. The van der Waals surface area contributed by atoms with Crippen LogP contribution in [-0.4, -0.2) is 11.6 Å². The number of ether oxygens (including phenoxy) is 1. The van der Waals surface area contributed by atoms with Gasteiger partial charge in [-0.1, -0.05) is 24.3 Å². The zero-order valence-corrected chi connectivity index (χ0v) is 11.3. The Bertz CT molecular complexity index is 622. The molecule has 2 aromatic rings. The molecule has 1 aromatic heterocycles. The molecule has 0 aliphatic carbocycles. The lowest BCUT2D eigenvalue weighted by Gasteiger charge is -2.17. The molecule has 0 saturated carbocycles. The SMILES string of the molecule is Cc1cnc(C(N)c2cccc3c2OCC3)c(C)c1. The lowest BCUT2D eigenvalue weighted by molar-refractivity contribution is 0.352. The minimum atomic E-state index is -0.228. The number of aryl methyl sites for hydroxylation is 2. The Morgan fingerprint density at radius 1 is 1.32 bits per heavy atom. The largest absolute Gasteiger partial charge is 0.493 e. The normalized spacial score (nSPS) is 14.9. The third-order valence-electron chi connectivity index (χ3n) is 3.63. The Kier molecular flexibility index (Phi) is 2.99. The monoisotopic (exact) mass is 254 g/mol. The van der Waals surface area contributed by atoms with Crippen molar-refractivity contribution in [3.8, 4) is 5.75 Å². The Morgan fingerprint density at radius 3 is 2.95 bits per heavy atom. The number of nitrogens with zero attached hydrogens (tertiary/aromatic N) is 1. The summed E-state index contributed by atoms with van der Waals surface area (Å²) in [5.74, 6) is 0.955. The van der Waals surface area contributed by atoms with E-state index >= 15 is 0 Å². The summed E-state index contributed by atoms with van der Waals surface area (Å²) >= 11 is 0. The van der Waals surface area contributed by atoms with Gasteiger partial charge in [-0.25, -0.2) is 0 Å². The van der Waals surface area contributed by atoms with E-state index in [2.05, 4.69) is 24.0 Å². The molecular formula is C16H18N2O. The van der Waals surface area contributed by atoms with Gasteiger partial charge in [-0.3, -0.25) is 4.98 Å². The van der Waals surface area contributed by atoms with E-state index in [4.69, 9.17) is 10.5 Å². The maximum Gasteiger partial charge on any atom is 0.127 e. The number of aromatic nitrogens is 1. The van der Waals surface area contributed by atoms with Gasteiger partial charge in [0.2, 0.25) is 0 Å². The van der Waals surface area contributed by atoms with Crippen molar-refractivity contribution < 1.29 is 4.74 Å². The van der Waals surface area contributed by atoms with Crippen molar-refractivity contribution in [3.63, 3.8) is 0 Å². The molecule has 2 N–H and O–H groups in total. The predicted octanol–water partition coefficient (Wildman–Crippen LogP) is 2.68. The van der Waals surface area contributed by atoms with Gasteiger partial charge in [-0.05, 0) is 30.5 Å². The van der Waals surface area contributed by atoms with Crippen LogP contribution in [0.4, 0.5) is 0 Å². The van der Waals surface area contributed by atoms with E-state index in [0.29, 0.717) is 0 Å². The molecule has 1 unspecified atom stereocenters. The number of hydrogen-bond acceptors (Lipinski definition) is 3. The Balaban J connectivity index is 2.05. The molecule has 0 fully saturated rings. The van der Waals surface area contributed by atoms with E-state index in [9.17, 15) is 0 Å². The van der Waals surface area contributed by atoms with Gasteiger partial charge in [0.05, 0.1) is 18.3 Å². The van der Waals surface area contributed by atoms with E-state index in [1.54, 1.807) is 0 Å². The molecule has 3 nitrogen and oxygen atoms in total. The Morgan fingerprint density at radius 2 is 2.16 bits per heavy atom. The van der Waals surface area contributed by atoms with Crippen LogP contribution >= 0.6 is 0 Å². The van der Waals surface area contributed by atoms with Crippen LogP contribution in [0.5, 0.6) is 5.75 Å². The van der Waals surface area contributed by atoms with Crippen LogP contribution in [0.15, 0.2) is 30.5 Å². The summed E-state index contributed by atoms with van der Waals surface area (Å²) in [5.41, 5.74) is 11.9. The fourth-order valence-corrected chi connectivity index (χ4v) is 2.68. The molecule has 1 aliphatic heterocycles. The molecule has 1 atom stereocenters. The fourth-order valence-electron chi connectivity index (χ4n) is 2.68. The molecule has 1 aromatic carbocycles. The van der Waals surface area contributed by atoms with Gasteiger partial charge in [0.1, 0.15) is 5.75 Å². The third kappa shape index (κ3) is 2.10. The lowest BCUT2D eigenvalue weighted by atomic mass is 9.97. The molecular weight excluding hydrogens is 236 g/mol. The zero-order chi connectivity index (χ0) is 13.4. The van der Waals surface area contributed by atoms with Crippen LogP contribution in [0.3, 0.4) is 0 Å². The van der Waals surface area contributed by atoms with Gasteiger partial charge in [-0.15, -0.1) is 0 Å². The molecule has 1 aliphatic rings. The maximum atomic E-state index is 6.40. The minimum absolute atomic E-state index is 0.228. The molecule has 19 heavy (non-hydrogen) atoms. The molecule has 0 saturated heterocycles. The van der Waals surface area contributed by atoms with Crippen LogP contribution in [0.2, 0.25) is 0 Å². The summed E-state index contributed by atoms with van der Waals surface area (Å²) in [7, 11) is 0. The highest BCUT2D eigenvalue weighted by Gasteiger charge is 2.22.